The second kappa shape index (κ2) is 9.85. The Morgan fingerprint density at radius 1 is 1.19 bits per heavy atom. The predicted octanol–water partition coefficient (Wildman–Crippen LogP) is 2.73. The highest BCUT2D eigenvalue weighted by atomic mass is 16.5. The summed E-state index contributed by atoms with van der Waals surface area (Å²) in [7, 11) is 3.66. The molecule has 2 rings (SSSR count). The van der Waals surface area contributed by atoms with Crippen LogP contribution in [0.15, 0.2) is 29.3 Å². The van der Waals surface area contributed by atoms with E-state index in [1.165, 1.54) is 16.8 Å². The van der Waals surface area contributed by atoms with E-state index in [2.05, 4.69) is 41.7 Å². The molecule has 0 atom stereocenters. The van der Waals surface area contributed by atoms with Crippen molar-refractivity contribution in [2.45, 2.75) is 40.2 Å². The zero-order chi connectivity index (χ0) is 18.9. The lowest BCUT2D eigenvalue weighted by atomic mass is 10.1. The molecule has 1 heterocycles. The van der Waals surface area contributed by atoms with Crippen molar-refractivity contribution in [3.63, 3.8) is 0 Å². The summed E-state index contributed by atoms with van der Waals surface area (Å²) in [6.45, 7) is 8.56. The molecule has 1 aromatic heterocycles. The molecule has 0 fully saturated rings. The molecular weight excluding hydrogens is 326 g/mol. The summed E-state index contributed by atoms with van der Waals surface area (Å²) in [5, 5.41) is 11.2. The third-order valence-corrected chi connectivity index (χ3v) is 4.49. The van der Waals surface area contributed by atoms with Gasteiger partial charge in [0, 0.05) is 31.4 Å². The molecule has 2 aromatic rings. The molecule has 0 aliphatic rings. The molecular formula is C20H31N5O. The molecule has 0 aliphatic carbocycles. The van der Waals surface area contributed by atoms with Gasteiger partial charge in [0.25, 0.3) is 0 Å². The summed E-state index contributed by atoms with van der Waals surface area (Å²) in [5.74, 6) is 1.75. The lowest BCUT2D eigenvalue weighted by molar-refractivity contribution is 0.414. The van der Waals surface area contributed by atoms with Gasteiger partial charge in [-0.2, -0.15) is 5.10 Å². The number of rotatable bonds is 8. The average molecular weight is 358 g/mol. The average Bonchev–Trinajstić information content (AvgIpc) is 2.89. The van der Waals surface area contributed by atoms with Crippen LogP contribution in [-0.2, 0) is 20.0 Å². The van der Waals surface area contributed by atoms with Gasteiger partial charge < -0.3 is 15.4 Å². The molecule has 0 saturated heterocycles. The van der Waals surface area contributed by atoms with Crippen molar-refractivity contribution >= 4 is 5.96 Å². The molecule has 0 radical (unpaired) electrons. The number of guanidine groups is 1. The van der Waals surface area contributed by atoms with Gasteiger partial charge in [0.1, 0.15) is 5.75 Å². The molecule has 0 bridgehead atoms. The van der Waals surface area contributed by atoms with Crippen molar-refractivity contribution < 1.29 is 4.74 Å². The molecule has 0 spiro atoms. The van der Waals surface area contributed by atoms with E-state index in [9.17, 15) is 0 Å². The van der Waals surface area contributed by atoms with Gasteiger partial charge in [-0.15, -0.1) is 0 Å². The molecule has 2 N–H and O–H groups in total. The molecule has 0 unspecified atom stereocenters. The Bertz CT molecular complexity index is 719. The lowest BCUT2D eigenvalue weighted by Crippen LogP contribution is -2.37. The fourth-order valence-corrected chi connectivity index (χ4v) is 2.84. The minimum atomic E-state index is 0.638. The van der Waals surface area contributed by atoms with Crippen LogP contribution >= 0.6 is 0 Å². The van der Waals surface area contributed by atoms with Gasteiger partial charge in [0.2, 0.25) is 0 Å². The van der Waals surface area contributed by atoms with E-state index in [-0.39, 0.29) is 0 Å². The number of hydrogen-bond donors (Lipinski definition) is 2. The van der Waals surface area contributed by atoms with Crippen LogP contribution in [0.25, 0.3) is 0 Å². The maximum Gasteiger partial charge on any atom is 0.191 e. The zero-order valence-electron chi connectivity index (χ0n) is 16.6. The van der Waals surface area contributed by atoms with Crippen molar-refractivity contribution in [2.75, 3.05) is 20.2 Å². The van der Waals surface area contributed by atoms with Crippen molar-refractivity contribution in [1.82, 2.24) is 20.4 Å². The summed E-state index contributed by atoms with van der Waals surface area (Å²) in [6, 6.07) is 8.25. The summed E-state index contributed by atoms with van der Waals surface area (Å²) in [6.07, 6.45) is 2.07. The van der Waals surface area contributed by atoms with Gasteiger partial charge >= 0.3 is 0 Å². The van der Waals surface area contributed by atoms with Gasteiger partial charge in [-0.1, -0.05) is 12.1 Å². The number of aryl methyl sites for hydroxylation is 3. The first kappa shape index (κ1) is 19.8. The molecule has 0 saturated carbocycles. The summed E-state index contributed by atoms with van der Waals surface area (Å²) < 4.78 is 7.10. The van der Waals surface area contributed by atoms with Crippen LogP contribution in [-0.4, -0.2) is 35.9 Å². The quantitative estimate of drug-likeness (QED) is 0.433. The monoisotopic (exact) mass is 357 g/mol. The summed E-state index contributed by atoms with van der Waals surface area (Å²) in [4.78, 5) is 4.71. The van der Waals surface area contributed by atoms with E-state index in [1.54, 1.807) is 7.11 Å². The maximum atomic E-state index is 5.19. The van der Waals surface area contributed by atoms with E-state index in [0.29, 0.717) is 6.54 Å². The maximum absolute atomic E-state index is 5.19. The number of ether oxygens (including phenoxy) is 1. The fourth-order valence-electron chi connectivity index (χ4n) is 2.84. The highest BCUT2D eigenvalue weighted by Crippen LogP contribution is 2.13. The number of nitrogens with one attached hydrogen (secondary N) is 2. The zero-order valence-corrected chi connectivity index (χ0v) is 16.6. The molecule has 6 heteroatoms. The van der Waals surface area contributed by atoms with E-state index in [0.717, 1.165) is 43.3 Å². The molecule has 6 nitrogen and oxygen atoms in total. The largest absolute Gasteiger partial charge is 0.497 e. The second-order valence-electron chi connectivity index (χ2n) is 6.35. The third-order valence-electron chi connectivity index (χ3n) is 4.49. The SMILES string of the molecule is CCNC(=NCc1c(C)nn(C)c1C)NCCCc1ccc(OC)cc1. The van der Waals surface area contributed by atoms with Crippen LogP contribution in [0.5, 0.6) is 5.75 Å². The van der Waals surface area contributed by atoms with E-state index >= 15 is 0 Å². The first-order valence-corrected chi connectivity index (χ1v) is 9.19. The number of nitrogens with zero attached hydrogens (tertiary/aromatic N) is 3. The molecule has 1 aromatic carbocycles. The van der Waals surface area contributed by atoms with Crippen molar-refractivity contribution in [1.29, 1.82) is 0 Å². The topological polar surface area (TPSA) is 63.5 Å². The minimum Gasteiger partial charge on any atom is -0.497 e. The normalized spacial score (nSPS) is 11.5. The fraction of sp³-hybridized carbons (Fsp3) is 0.500. The Morgan fingerprint density at radius 3 is 2.50 bits per heavy atom. The Morgan fingerprint density at radius 2 is 1.92 bits per heavy atom. The van der Waals surface area contributed by atoms with Crippen LogP contribution in [0.1, 0.15) is 35.9 Å². The Balaban J connectivity index is 1.84. The molecule has 142 valence electrons. The van der Waals surface area contributed by atoms with Gasteiger partial charge in [0.05, 0.1) is 19.3 Å². The van der Waals surface area contributed by atoms with Gasteiger partial charge in [-0.25, -0.2) is 4.99 Å². The van der Waals surface area contributed by atoms with E-state index in [1.807, 2.05) is 30.8 Å². The Kier molecular flexibility index (Phi) is 7.51. The van der Waals surface area contributed by atoms with Gasteiger partial charge in [0.15, 0.2) is 5.96 Å². The molecule has 26 heavy (non-hydrogen) atoms. The molecule has 0 aliphatic heterocycles. The first-order valence-electron chi connectivity index (χ1n) is 9.19. The predicted molar refractivity (Wildman–Crippen MR) is 107 cm³/mol. The second-order valence-corrected chi connectivity index (χ2v) is 6.35. The van der Waals surface area contributed by atoms with Gasteiger partial charge in [-0.05, 0) is 51.3 Å². The standard InChI is InChI=1S/C20H31N5O/c1-6-21-20(23-14-19-15(2)24-25(4)16(19)3)22-13-7-8-17-9-11-18(26-5)12-10-17/h9-12H,6-8,13-14H2,1-5H3,(H2,21,22,23). The number of benzene rings is 1. The van der Waals surface area contributed by atoms with E-state index in [4.69, 9.17) is 9.73 Å². The highest BCUT2D eigenvalue weighted by Gasteiger charge is 2.08. The number of aromatic nitrogens is 2. The van der Waals surface area contributed by atoms with Gasteiger partial charge in [-0.3, -0.25) is 4.68 Å². The number of hydrogen-bond acceptors (Lipinski definition) is 3. The highest BCUT2D eigenvalue weighted by molar-refractivity contribution is 5.79. The van der Waals surface area contributed by atoms with Crippen molar-refractivity contribution in [3.8, 4) is 5.75 Å². The smallest absolute Gasteiger partial charge is 0.191 e. The lowest BCUT2D eigenvalue weighted by Gasteiger charge is -2.11. The Labute approximate surface area is 156 Å². The van der Waals surface area contributed by atoms with Crippen LogP contribution in [0.2, 0.25) is 0 Å². The van der Waals surface area contributed by atoms with Crippen LogP contribution < -0.4 is 15.4 Å². The number of aliphatic imine (C=N–C) groups is 1. The first-order chi connectivity index (χ1) is 12.5. The van der Waals surface area contributed by atoms with Crippen LogP contribution in [0.4, 0.5) is 0 Å². The summed E-state index contributed by atoms with van der Waals surface area (Å²) >= 11 is 0. The third kappa shape index (κ3) is 5.51. The number of methoxy groups -OCH3 is 1. The van der Waals surface area contributed by atoms with E-state index < -0.39 is 0 Å². The summed E-state index contributed by atoms with van der Waals surface area (Å²) in [5.41, 5.74) is 4.73. The van der Waals surface area contributed by atoms with Crippen molar-refractivity contribution in [2.24, 2.45) is 12.0 Å². The van der Waals surface area contributed by atoms with Crippen molar-refractivity contribution in [3.05, 3.63) is 46.8 Å². The Hall–Kier alpha value is -2.50. The minimum absolute atomic E-state index is 0.638. The molecule has 0 amide bonds. The van der Waals surface area contributed by atoms with Crippen LogP contribution in [0, 0.1) is 13.8 Å². The van der Waals surface area contributed by atoms with Crippen LogP contribution in [0.3, 0.4) is 0 Å².